The van der Waals surface area contributed by atoms with Crippen LogP contribution in [0.25, 0.3) is 0 Å². The number of para-hydroxylation sites is 1. The topological polar surface area (TPSA) is 70.8 Å². The van der Waals surface area contributed by atoms with Crippen LogP contribution in [0.4, 0.5) is 5.69 Å². The van der Waals surface area contributed by atoms with Crippen molar-refractivity contribution < 1.29 is 19.0 Å². The number of ether oxygens (including phenoxy) is 3. The molecular weight excluding hydrogens is 258 g/mol. The molecule has 0 spiro atoms. The van der Waals surface area contributed by atoms with Gasteiger partial charge in [-0.2, -0.15) is 0 Å². The average Bonchev–Trinajstić information content (AvgIpc) is 2.47. The normalized spacial score (nSPS) is 15.8. The van der Waals surface area contributed by atoms with Crippen molar-refractivity contribution in [3.63, 3.8) is 0 Å². The molecule has 1 aliphatic rings. The lowest BCUT2D eigenvalue weighted by atomic mass is 10.0. The third-order valence-electron chi connectivity index (χ3n) is 3.35. The van der Waals surface area contributed by atoms with Crippen molar-refractivity contribution in [3.05, 3.63) is 23.8 Å². The summed E-state index contributed by atoms with van der Waals surface area (Å²) < 4.78 is 16.1. The maximum absolute atomic E-state index is 11.9. The highest BCUT2D eigenvalue weighted by atomic mass is 16.5. The molecule has 1 aromatic carbocycles. The molecule has 0 unspecified atom stereocenters. The second kappa shape index (κ2) is 7.14. The summed E-state index contributed by atoms with van der Waals surface area (Å²) in [6.45, 7) is 4.18. The summed E-state index contributed by atoms with van der Waals surface area (Å²) in [5.41, 5.74) is 6.76. The monoisotopic (exact) mass is 279 g/mol. The van der Waals surface area contributed by atoms with Gasteiger partial charge in [0, 0.05) is 13.2 Å². The molecule has 1 aliphatic heterocycles. The number of hydrogen-bond acceptors (Lipinski definition) is 5. The van der Waals surface area contributed by atoms with Crippen molar-refractivity contribution in [3.8, 4) is 5.75 Å². The van der Waals surface area contributed by atoms with Gasteiger partial charge >= 0.3 is 5.97 Å². The van der Waals surface area contributed by atoms with Crippen LogP contribution >= 0.6 is 0 Å². The van der Waals surface area contributed by atoms with Gasteiger partial charge in [-0.1, -0.05) is 6.07 Å². The predicted octanol–water partition coefficient (Wildman–Crippen LogP) is 2.25. The SMILES string of the molecule is CCOC(=O)c1cccc(N)c1OCC1CCOCC1. The number of nitrogen functional groups attached to an aromatic ring is 1. The van der Waals surface area contributed by atoms with E-state index in [9.17, 15) is 4.79 Å². The first kappa shape index (κ1) is 14.7. The Labute approximate surface area is 119 Å². The van der Waals surface area contributed by atoms with Gasteiger partial charge in [0.2, 0.25) is 0 Å². The molecule has 2 rings (SSSR count). The number of carbonyl (C=O) groups excluding carboxylic acids is 1. The van der Waals surface area contributed by atoms with Crippen molar-refractivity contribution in [1.82, 2.24) is 0 Å². The first-order chi connectivity index (χ1) is 9.72. The minimum absolute atomic E-state index is 0.326. The van der Waals surface area contributed by atoms with Crippen LogP contribution in [0.3, 0.4) is 0 Å². The van der Waals surface area contributed by atoms with Crippen LogP contribution < -0.4 is 10.5 Å². The molecule has 0 atom stereocenters. The molecule has 5 heteroatoms. The Hall–Kier alpha value is -1.75. The highest BCUT2D eigenvalue weighted by molar-refractivity contribution is 5.94. The Morgan fingerprint density at radius 1 is 1.40 bits per heavy atom. The molecule has 0 bridgehead atoms. The van der Waals surface area contributed by atoms with Gasteiger partial charge in [-0.15, -0.1) is 0 Å². The Morgan fingerprint density at radius 3 is 2.85 bits per heavy atom. The van der Waals surface area contributed by atoms with Crippen LogP contribution in [-0.2, 0) is 9.47 Å². The zero-order valence-corrected chi connectivity index (χ0v) is 11.8. The Morgan fingerprint density at radius 2 is 2.15 bits per heavy atom. The molecule has 1 aromatic rings. The van der Waals surface area contributed by atoms with E-state index >= 15 is 0 Å². The first-order valence-corrected chi connectivity index (χ1v) is 6.98. The van der Waals surface area contributed by atoms with Gasteiger partial charge in [0.1, 0.15) is 5.56 Å². The summed E-state index contributed by atoms with van der Waals surface area (Å²) in [4.78, 5) is 11.9. The number of hydrogen-bond donors (Lipinski definition) is 1. The summed E-state index contributed by atoms with van der Waals surface area (Å²) in [6.07, 6.45) is 1.95. The number of nitrogens with two attached hydrogens (primary N) is 1. The van der Waals surface area contributed by atoms with Gasteiger partial charge in [0.25, 0.3) is 0 Å². The fraction of sp³-hybridized carbons (Fsp3) is 0.533. The lowest BCUT2D eigenvalue weighted by Crippen LogP contribution is -2.22. The second-order valence-corrected chi connectivity index (χ2v) is 4.81. The van der Waals surface area contributed by atoms with Crippen LogP contribution in [0.2, 0.25) is 0 Å². The first-order valence-electron chi connectivity index (χ1n) is 6.98. The average molecular weight is 279 g/mol. The van der Waals surface area contributed by atoms with Gasteiger partial charge in [0.05, 0.1) is 18.9 Å². The van der Waals surface area contributed by atoms with Gasteiger partial charge in [-0.25, -0.2) is 4.79 Å². The van der Waals surface area contributed by atoms with E-state index in [2.05, 4.69) is 0 Å². The lowest BCUT2D eigenvalue weighted by molar-refractivity contribution is 0.0469. The Kier molecular flexibility index (Phi) is 5.24. The molecule has 0 aliphatic carbocycles. The molecule has 20 heavy (non-hydrogen) atoms. The van der Waals surface area contributed by atoms with Gasteiger partial charge in [-0.3, -0.25) is 0 Å². The fourth-order valence-electron chi connectivity index (χ4n) is 2.20. The van der Waals surface area contributed by atoms with E-state index in [0.717, 1.165) is 26.1 Å². The summed E-state index contributed by atoms with van der Waals surface area (Å²) >= 11 is 0. The van der Waals surface area contributed by atoms with E-state index in [1.807, 2.05) is 0 Å². The Bertz CT molecular complexity index is 455. The summed E-state index contributed by atoms with van der Waals surface area (Å²) in [5, 5.41) is 0. The molecule has 110 valence electrons. The zero-order valence-electron chi connectivity index (χ0n) is 11.8. The molecule has 1 saturated heterocycles. The third-order valence-corrected chi connectivity index (χ3v) is 3.35. The molecule has 5 nitrogen and oxygen atoms in total. The van der Waals surface area contributed by atoms with Crippen LogP contribution in [0.5, 0.6) is 5.75 Å². The summed E-state index contributed by atoms with van der Waals surface area (Å²) in [7, 11) is 0. The molecule has 1 fully saturated rings. The smallest absolute Gasteiger partial charge is 0.341 e. The summed E-state index contributed by atoms with van der Waals surface area (Å²) in [5.74, 6) is 0.470. The quantitative estimate of drug-likeness (QED) is 0.661. The van der Waals surface area contributed by atoms with Gasteiger partial charge in [-0.05, 0) is 37.8 Å². The predicted molar refractivity (Wildman–Crippen MR) is 75.8 cm³/mol. The van der Waals surface area contributed by atoms with Gasteiger partial charge in [0.15, 0.2) is 5.75 Å². The van der Waals surface area contributed by atoms with E-state index in [0.29, 0.717) is 36.1 Å². The minimum atomic E-state index is -0.401. The van der Waals surface area contributed by atoms with E-state index < -0.39 is 5.97 Å². The Balaban J connectivity index is 2.06. The fourth-order valence-corrected chi connectivity index (χ4v) is 2.20. The lowest BCUT2D eigenvalue weighted by Gasteiger charge is -2.23. The third kappa shape index (κ3) is 3.63. The van der Waals surface area contributed by atoms with Crippen molar-refractivity contribution in [2.45, 2.75) is 19.8 Å². The van der Waals surface area contributed by atoms with Crippen molar-refractivity contribution >= 4 is 11.7 Å². The molecule has 0 aromatic heterocycles. The van der Waals surface area contributed by atoms with E-state index in [4.69, 9.17) is 19.9 Å². The van der Waals surface area contributed by atoms with Crippen LogP contribution in [0.15, 0.2) is 18.2 Å². The standard InChI is InChI=1S/C15H21NO4/c1-2-19-15(17)12-4-3-5-13(16)14(12)20-10-11-6-8-18-9-7-11/h3-5,11H,2,6-10,16H2,1H3. The van der Waals surface area contributed by atoms with E-state index in [1.165, 1.54) is 0 Å². The molecule has 1 heterocycles. The summed E-state index contributed by atoms with van der Waals surface area (Å²) in [6, 6.07) is 5.12. The number of carbonyl (C=O) groups is 1. The molecular formula is C15H21NO4. The number of benzene rings is 1. The maximum Gasteiger partial charge on any atom is 0.341 e. The second-order valence-electron chi connectivity index (χ2n) is 4.81. The number of anilines is 1. The largest absolute Gasteiger partial charge is 0.490 e. The van der Waals surface area contributed by atoms with Gasteiger partial charge < -0.3 is 19.9 Å². The van der Waals surface area contributed by atoms with E-state index in [-0.39, 0.29) is 0 Å². The number of rotatable bonds is 5. The van der Waals surface area contributed by atoms with Crippen LogP contribution in [0.1, 0.15) is 30.1 Å². The minimum Gasteiger partial charge on any atom is -0.490 e. The zero-order chi connectivity index (χ0) is 14.4. The molecule has 0 amide bonds. The van der Waals surface area contributed by atoms with Crippen LogP contribution in [0, 0.1) is 5.92 Å². The van der Waals surface area contributed by atoms with Crippen molar-refractivity contribution in [2.24, 2.45) is 5.92 Å². The highest BCUT2D eigenvalue weighted by Crippen LogP contribution is 2.28. The highest BCUT2D eigenvalue weighted by Gasteiger charge is 2.19. The molecule has 2 N–H and O–H groups in total. The molecule has 0 saturated carbocycles. The van der Waals surface area contributed by atoms with Crippen molar-refractivity contribution in [1.29, 1.82) is 0 Å². The van der Waals surface area contributed by atoms with Crippen molar-refractivity contribution in [2.75, 3.05) is 32.2 Å². The molecule has 0 radical (unpaired) electrons. The van der Waals surface area contributed by atoms with E-state index in [1.54, 1.807) is 25.1 Å². The number of esters is 1. The van der Waals surface area contributed by atoms with Crippen LogP contribution in [-0.4, -0.2) is 32.4 Å². The maximum atomic E-state index is 11.9.